The minimum Gasteiger partial charge on any atom is -0.297 e. The third-order valence-electron chi connectivity index (χ3n) is 10.3. The quantitative estimate of drug-likeness (QED) is 0.178. The van der Waals surface area contributed by atoms with Gasteiger partial charge in [-0.3, -0.25) is 13.7 Å². The summed E-state index contributed by atoms with van der Waals surface area (Å²) in [5.41, 5.74) is 15.6. The van der Waals surface area contributed by atoms with Crippen molar-refractivity contribution in [3.05, 3.63) is 192 Å². The van der Waals surface area contributed by atoms with Crippen molar-refractivity contribution in [1.29, 1.82) is 0 Å². The molecule has 7 aromatic carbocycles. The number of para-hydroxylation sites is 9. The number of benzene rings is 7. The van der Waals surface area contributed by atoms with Crippen LogP contribution in [0.1, 0.15) is 22.5 Å². The van der Waals surface area contributed by atoms with Crippen LogP contribution >= 0.6 is 0 Å². The summed E-state index contributed by atoms with van der Waals surface area (Å²) in [6.07, 6.45) is 0. The molecule has 10 rings (SSSR count). The molecule has 10 aromatic rings. The second-order valence-corrected chi connectivity index (χ2v) is 13.9. The third-order valence-corrected chi connectivity index (χ3v) is 10.3. The molecule has 0 aliphatic carbocycles. The largest absolute Gasteiger partial charge is 0.297 e. The van der Waals surface area contributed by atoms with Gasteiger partial charge in [-0.15, -0.1) is 0 Å². The number of aryl methyl sites for hydroxylation is 3. The van der Waals surface area contributed by atoms with Gasteiger partial charge in [-0.05, 0) is 117 Å². The normalized spacial score (nSPS) is 11.3. The smallest absolute Gasteiger partial charge is 0.146 e. The number of hydrogen-bond acceptors (Lipinski definition) is 3. The van der Waals surface area contributed by atoms with Crippen LogP contribution in [-0.2, 0) is 0 Å². The Kier molecular flexibility index (Phi) is 8.63. The molecule has 55 heavy (non-hydrogen) atoms. The summed E-state index contributed by atoms with van der Waals surface area (Å²) in [5.74, 6) is 2.91. The molecule has 6 nitrogen and oxygen atoms in total. The zero-order valence-corrected chi connectivity index (χ0v) is 31.3. The Morgan fingerprint density at radius 2 is 0.673 bits per heavy atom. The summed E-state index contributed by atoms with van der Waals surface area (Å²) in [6, 6.07) is 58.5. The Labute approximate surface area is 320 Å². The predicted molar refractivity (Wildman–Crippen MR) is 227 cm³/mol. The van der Waals surface area contributed by atoms with Crippen LogP contribution in [0, 0.1) is 27.7 Å². The zero-order valence-electron chi connectivity index (χ0n) is 31.3. The number of imidazole rings is 3. The molecule has 0 N–H and O–H groups in total. The van der Waals surface area contributed by atoms with Crippen LogP contribution in [0.15, 0.2) is 170 Å². The minimum atomic E-state index is 0.945. The Morgan fingerprint density at radius 3 is 1.09 bits per heavy atom. The molecule has 3 heterocycles. The zero-order chi connectivity index (χ0) is 37.5. The van der Waals surface area contributed by atoms with E-state index >= 15 is 0 Å². The van der Waals surface area contributed by atoms with Crippen molar-refractivity contribution in [3.63, 3.8) is 0 Å². The molecule has 266 valence electrons. The van der Waals surface area contributed by atoms with Crippen molar-refractivity contribution < 1.29 is 0 Å². The maximum Gasteiger partial charge on any atom is 0.146 e. The highest BCUT2D eigenvalue weighted by Crippen LogP contribution is 2.40. The van der Waals surface area contributed by atoms with Crippen molar-refractivity contribution in [1.82, 2.24) is 28.7 Å². The number of rotatable bonds is 5. The molecule has 0 radical (unpaired) electrons. The summed E-state index contributed by atoms with van der Waals surface area (Å²) in [6.45, 7) is 8.63. The summed E-state index contributed by atoms with van der Waals surface area (Å²) < 4.78 is 6.74. The van der Waals surface area contributed by atoms with E-state index in [9.17, 15) is 0 Å². The maximum atomic E-state index is 5.20. The number of nitrogens with zero attached hydrogens (tertiary/aromatic N) is 6. The average molecular weight is 713 g/mol. The molecule has 0 spiro atoms. The van der Waals surface area contributed by atoms with Gasteiger partial charge < -0.3 is 0 Å². The van der Waals surface area contributed by atoms with Crippen LogP contribution in [-0.4, -0.2) is 28.7 Å². The lowest BCUT2D eigenvalue weighted by Crippen LogP contribution is -2.05. The van der Waals surface area contributed by atoms with Gasteiger partial charge in [-0.2, -0.15) is 0 Å². The summed E-state index contributed by atoms with van der Waals surface area (Å²) in [4.78, 5) is 15.0. The molecule has 0 saturated carbocycles. The van der Waals surface area contributed by atoms with Gasteiger partial charge in [0.2, 0.25) is 0 Å². The van der Waals surface area contributed by atoms with E-state index in [1.165, 1.54) is 16.7 Å². The fourth-order valence-corrected chi connectivity index (χ4v) is 7.99. The van der Waals surface area contributed by atoms with E-state index in [4.69, 9.17) is 9.97 Å². The van der Waals surface area contributed by atoms with E-state index in [1.54, 1.807) is 0 Å². The molecule has 0 atom stereocenters. The Morgan fingerprint density at radius 1 is 0.345 bits per heavy atom. The van der Waals surface area contributed by atoms with Gasteiger partial charge in [0.15, 0.2) is 0 Å². The lowest BCUT2D eigenvalue weighted by Gasteiger charge is -2.19. The second-order valence-electron chi connectivity index (χ2n) is 13.9. The molecular weight excluding hydrogens is 673 g/mol. The van der Waals surface area contributed by atoms with Gasteiger partial charge in [0.25, 0.3) is 0 Å². The molecule has 6 heteroatoms. The molecular formula is C49H40N6. The first-order valence-electron chi connectivity index (χ1n) is 18.6. The SMILES string of the molecule is Cc1cc(C)c(-c2nc3ccccc3n2-c2ccccc2)c(C)c1-c1nc2ccccc2n1-c1ccccc1.Cc1nc2ccccc2n1-c1ccccc1. The van der Waals surface area contributed by atoms with Crippen LogP contribution in [0.25, 0.3) is 72.9 Å². The molecule has 0 bridgehead atoms. The van der Waals surface area contributed by atoms with Crippen LogP contribution in [0.4, 0.5) is 0 Å². The summed E-state index contributed by atoms with van der Waals surface area (Å²) >= 11 is 0. The highest BCUT2D eigenvalue weighted by molar-refractivity contribution is 5.90. The summed E-state index contributed by atoms with van der Waals surface area (Å²) in [5, 5.41) is 0. The molecule has 0 aliphatic heterocycles. The van der Waals surface area contributed by atoms with Crippen molar-refractivity contribution in [2.75, 3.05) is 0 Å². The molecule has 3 aromatic heterocycles. The highest BCUT2D eigenvalue weighted by Gasteiger charge is 2.24. The Balaban J connectivity index is 0.000000206. The Bertz CT molecular complexity index is 2810. The van der Waals surface area contributed by atoms with Gasteiger partial charge in [0.05, 0.1) is 33.1 Å². The highest BCUT2D eigenvalue weighted by atomic mass is 15.1. The number of aromatic nitrogens is 6. The van der Waals surface area contributed by atoms with Crippen LogP contribution in [0.3, 0.4) is 0 Å². The topological polar surface area (TPSA) is 53.5 Å². The standard InChI is InChI=1S/C35H28N4.C14H12N2/c1-23-22-24(2)33(35-37-29-19-11-13-21-31(29)39(35)27-16-8-5-9-17-27)25(3)32(23)34-36-28-18-10-12-20-30(28)38(34)26-14-6-4-7-15-26;1-11-15-13-9-5-6-10-14(13)16(11)12-7-3-2-4-8-12/h4-22H,1-3H3;2-10H,1H3. The molecule has 0 fully saturated rings. The van der Waals surface area contributed by atoms with E-state index in [2.05, 4.69) is 173 Å². The van der Waals surface area contributed by atoms with Gasteiger partial charge in [-0.1, -0.05) is 97.1 Å². The molecule has 0 unspecified atom stereocenters. The summed E-state index contributed by atoms with van der Waals surface area (Å²) in [7, 11) is 0. The molecule has 0 amide bonds. The predicted octanol–water partition coefficient (Wildman–Crippen LogP) is 12.0. The fourth-order valence-electron chi connectivity index (χ4n) is 7.99. The molecule has 0 saturated heterocycles. The van der Waals surface area contributed by atoms with Gasteiger partial charge in [0, 0.05) is 28.2 Å². The third kappa shape index (κ3) is 5.98. The van der Waals surface area contributed by atoms with Crippen molar-refractivity contribution in [2.24, 2.45) is 0 Å². The van der Waals surface area contributed by atoms with E-state index in [-0.39, 0.29) is 0 Å². The monoisotopic (exact) mass is 712 g/mol. The van der Waals surface area contributed by atoms with Crippen LogP contribution in [0.2, 0.25) is 0 Å². The van der Waals surface area contributed by atoms with Crippen molar-refractivity contribution >= 4 is 33.1 Å². The van der Waals surface area contributed by atoms with E-state index in [0.717, 1.165) is 78.8 Å². The van der Waals surface area contributed by atoms with Crippen molar-refractivity contribution in [2.45, 2.75) is 27.7 Å². The Hall–Kier alpha value is -7.05. The van der Waals surface area contributed by atoms with Crippen LogP contribution < -0.4 is 0 Å². The number of hydrogen-bond donors (Lipinski definition) is 0. The minimum absolute atomic E-state index is 0.945. The first kappa shape index (κ1) is 33.8. The lowest BCUT2D eigenvalue weighted by molar-refractivity contribution is 1.00. The lowest BCUT2D eigenvalue weighted by atomic mass is 9.92. The first-order valence-corrected chi connectivity index (χ1v) is 18.6. The van der Waals surface area contributed by atoms with Crippen molar-refractivity contribution in [3.8, 4) is 39.8 Å². The van der Waals surface area contributed by atoms with E-state index in [1.807, 2.05) is 43.3 Å². The van der Waals surface area contributed by atoms with Gasteiger partial charge in [-0.25, -0.2) is 15.0 Å². The van der Waals surface area contributed by atoms with E-state index < -0.39 is 0 Å². The second kappa shape index (κ2) is 14.1. The first-order chi connectivity index (χ1) is 27.0. The molecule has 0 aliphatic rings. The fraction of sp³-hybridized carbons (Fsp3) is 0.0816. The van der Waals surface area contributed by atoms with E-state index in [0.29, 0.717) is 0 Å². The van der Waals surface area contributed by atoms with Gasteiger partial charge in [0.1, 0.15) is 17.5 Å². The maximum absolute atomic E-state index is 5.20. The van der Waals surface area contributed by atoms with Gasteiger partial charge >= 0.3 is 0 Å². The average Bonchev–Trinajstić information content (AvgIpc) is 3.89. The number of fused-ring (bicyclic) bond motifs is 3. The van der Waals surface area contributed by atoms with Crippen LogP contribution in [0.5, 0.6) is 0 Å².